The summed E-state index contributed by atoms with van der Waals surface area (Å²) < 4.78 is 0. The van der Waals surface area contributed by atoms with E-state index in [1.807, 2.05) is 6.92 Å². The lowest BCUT2D eigenvalue weighted by Crippen LogP contribution is -2.52. The molecule has 1 aromatic heterocycles. The zero-order valence-electron chi connectivity index (χ0n) is 9.59. The molecule has 0 radical (unpaired) electrons. The van der Waals surface area contributed by atoms with Crippen molar-refractivity contribution in [2.45, 2.75) is 13.0 Å². The fraction of sp³-hybridized carbons (Fsp3) is 0.455. The summed E-state index contributed by atoms with van der Waals surface area (Å²) in [7, 11) is 0. The minimum absolute atomic E-state index is 0. The number of carbonyl (C=O) groups is 1. The van der Waals surface area contributed by atoms with Crippen molar-refractivity contribution in [1.29, 1.82) is 0 Å². The van der Waals surface area contributed by atoms with Gasteiger partial charge in [-0.15, -0.1) is 12.4 Å². The Morgan fingerprint density at radius 1 is 1.65 bits per heavy atom. The van der Waals surface area contributed by atoms with Gasteiger partial charge in [0.05, 0.1) is 0 Å². The molecule has 1 aromatic rings. The quantitative estimate of drug-likeness (QED) is 0.775. The summed E-state index contributed by atoms with van der Waals surface area (Å²) in [5.74, 6) is -0.259. The lowest BCUT2D eigenvalue weighted by atomic mass is 10.2. The molecule has 17 heavy (non-hydrogen) atoms. The van der Waals surface area contributed by atoms with Gasteiger partial charge in [-0.1, -0.05) is 0 Å². The van der Waals surface area contributed by atoms with Crippen LogP contribution in [0.3, 0.4) is 0 Å². The smallest absolute Gasteiger partial charge is 0.276 e. The molecule has 0 spiro atoms. The van der Waals surface area contributed by atoms with Gasteiger partial charge in [-0.3, -0.25) is 4.79 Å². The molecule has 1 amide bonds. The molecule has 2 heterocycles. The van der Waals surface area contributed by atoms with Crippen LogP contribution in [-0.2, 0) is 0 Å². The van der Waals surface area contributed by atoms with Crippen molar-refractivity contribution in [1.82, 2.24) is 15.2 Å². The van der Waals surface area contributed by atoms with Gasteiger partial charge in [-0.25, -0.2) is 4.98 Å². The summed E-state index contributed by atoms with van der Waals surface area (Å²) in [5, 5.41) is 12.8. The van der Waals surface area contributed by atoms with Crippen molar-refractivity contribution in [3.63, 3.8) is 0 Å². The molecule has 0 unspecified atom stereocenters. The molecule has 1 fully saturated rings. The maximum Gasteiger partial charge on any atom is 0.276 e. The number of nitrogens with one attached hydrogen (secondary N) is 1. The molecule has 1 aliphatic rings. The van der Waals surface area contributed by atoms with E-state index in [9.17, 15) is 9.90 Å². The second-order valence-electron chi connectivity index (χ2n) is 3.92. The Bertz CT molecular complexity index is 400. The van der Waals surface area contributed by atoms with Gasteiger partial charge in [0.15, 0.2) is 5.69 Å². The summed E-state index contributed by atoms with van der Waals surface area (Å²) in [4.78, 5) is 17.8. The van der Waals surface area contributed by atoms with Gasteiger partial charge in [0, 0.05) is 31.9 Å². The van der Waals surface area contributed by atoms with Crippen molar-refractivity contribution in [2.24, 2.45) is 0 Å². The number of aromatic nitrogens is 1. The van der Waals surface area contributed by atoms with Gasteiger partial charge < -0.3 is 15.3 Å². The van der Waals surface area contributed by atoms with E-state index < -0.39 is 0 Å². The molecule has 6 heteroatoms. The first-order chi connectivity index (χ1) is 7.70. The average molecular weight is 258 g/mol. The largest absolute Gasteiger partial charge is 0.505 e. The van der Waals surface area contributed by atoms with Crippen LogP contribution in [0.15, 0.2) is 18.3 Å². The third kappa shape index (κ3) is 2.87. The van der Waals surface area contributed by atoms with Crippen LogP contribution in [0.25, 0.3) is 0 Å². The normalized spacial score (nSPS) is 19.6. The number of hydrogen-bond donors (Lipinski definition) is 2. The first-order valence-electron chi connectivity index (χ1n) is 5.36. The Morgan fingerprint density at radius 3 is 3.06 bits per heavy atom. The van der Waals surface area contributed by atoms with Gasteiger partial charge in [0.25, 0.3) is 5.91 Å². The Balaban J connectivity index is 0.00000144. The fourth-order valence-corrected chi connectivity index (χ4v) is 1.84. The molecule has 94 valence electrons. The first kappa shape index (κ1) is 13.7. The number of amides is 1. The highest BCUT2D eigenvalue weighted by molar-refractivity contribution is 5.95. The predicted molar refractivity (Wildman–Crippen MR) is 66.5 cm³/mol. The van der Waals surface area contributed by atoms with Crippen molar-refractivity contribution in [2.75, 3.05) is 19.6 Å². The summed E-state index contributed by atoms with van der Waals surface area (Å²) in [6.07, 6.45) is 1.51. The molecule has 0 aliphatic carbocycles. The number of hydrogen-bond acceptors (Lipinski definition) is 4. The summed E-state index contributed by atoms with van der Waals surface area (Å²) >= 11 is 0. The van der Waals surface area contributed by atoms with E-state index in [4.69, 9.17) is 0 Å². The minimum Gasteiger partial charge on any atom is -0.505 e. The van der Waals surface area contributed by atoms with E-state index in [1.54, 1.807) is 11.0 Å². The Morgan fingerprint density at radius 2 is 2.41 bits per heavy atom. The van der Waals surface area contributed by atoms with Gasteiger partial charge in [-0.2, -0.15) is 0 Å². The Hall–Kier alpha value is -1.33. The lowest BCUT2D eigenvalue weighted by molar-refractivity contribution is 0.0646. The van der Waals surface area contributed by atoms with Crippen LogP contribution in [0.5, 0.6) is 5.75 Å². The second kappa shape index (κ2) is 5.84. The second-order valence-corrected chi connectivity index (χ2v) is 3.92. The first-order valence-corrected chi connectivity index (χ1v) is 5.36. The van der Waals surface area contributed by atoms with Crippen LogP contribution in [0.4, 0.5) is 0 Å². The number of aromatic hydroxyl groups is 1. The average Bonchev–Trinajstić information content (AvgIpc) is 2.29. The third-order valence-corrected chi connectivity index (χ3v) is 2.75. The minimum atomic E-state index is -0.202. The van der Waals surface area contributed by atoms with Crippen LogP contribution in [0, 0.1) is 0 Å². The standard InChI is InChI=1S/C11H15N3O2.ClH/c1-8-7-12-5-6-14(8)11(16)10-9(15)3-2-4-13-10;/h2-4,8,12,15H,5-7H2,1H3;1H/t8-;/m1./s1. The van der Waals surface area contributed by atoms with Gasteiger partial charge >= 0.3 is 0 Å². The van der Waals surface area contributed by atoms with E-state index in [1.165, 1.54) is 12.3 Å². The summed E-state index contributed by atoms with van der Waals surface area (Å²) in [6.45, 7) is 4.18. The van der Waals surface area contributed by atoms with E-state index in [2.05, 4.69) is 10.3 Å². The zero-order valence-corrected chi connectivity index (χ0v) is 10.4. The monoisotopic (exact) mass is 257 g/mol. The van der Waals surface area contributed by atoms with Crippen LogP contribution in [0.2, 0.25) is 0 Å². The SMILES string of the molecule is C[C@@H]1CNCCN1C(=O)c1ncccc1O.Cl. The number of pyridine rings is 1. The molecule has 2 rings (SSSR count). The highest BCUT2D eigenvalue weighted by Crippen LogP contribution is 2.16. The molecule has 0 bridgehead atoms. The van der Waals surface area contributed by atoms with Crippen molar-refractivity contribution < 1.29 is 9.90 Å². The number of piperazine rings is 1. The van der Waals surface area contributed by atoms with Crippen molar-refractivity contribution >= 4 is 18.3 Å². The van der Waals surface area contributed by atoms with Gasteiger partial charge in [0.1, 0.15) is 5.75 Å². The van der Waals surface area contributed by atoms with Crippen molar-refractivity contribution in [3.8, 4) is 5.75 Å². The lowest BCUT2D eigenvalue weighted by Gasteiger charge is -2.33. The molecule has 1 aliphatic heterocycles. The maximum absolute atomic E-state index is 12.1. The molecular weight excluding hydrogens is 242 g/mol. The molecular formula is C11H16ClN3O2. The maximum atomic E-state index is 12.1. The summed E-state index contributed by atoms with van der Waals surface area (Å²) in [5.41, 5.74) is 0.135. The van der Waals surface area contributed by atoms with Gasteiger partial charge in [0.2, 0.25) is 0 Å². The Labute approximate surface area is 106 Å². The Kier molecular flexibility index (Phi) is 4.72. The van der Waals surface area contributed by atoms with E-state index in [-0.39, 0.29) is 35.8 Å². The molecule has 0 aromatic carbocycles. The van der Waals surface area contributed by atoms with E-state index in [0.717, 1.165) is 13.1 Å². The van der Waals surface area contributed by atoms with Crippen LogP contribution in [-0.4, -0.2) is 46.6 Å². The van der Waals surface area contributed by atoms with Crippen LogP contribution >= 0.6 is 12.4 Å². The zero-order chi connectivity index (χ0) is 11.5. The number of halogens is 1. The number of rotatable bonds is 1. The molecule has 2 N–H and O–H groups in total. The highest BCUT2D eigenvalue weighted by atomic mass is 35.5. The molecule has 0 saturated carbocycles. The van der Waals surface area contributed by atoms with Crippen LogP contribution < -0.4 is 5.32 Å². The van der Waals surface area contributed by atoms with Crippen molar-refractivity contribution in [3.05, 3.63) is 24.0 Å². The van der Waals surface area contributed by atoms with E-state index >= 15 is 0 Å². The predicted octanol–water partition coefficient (Wildman–Crippen LogP) is 0.643. The number of nitrogens with zero attached hydrogens (tertiary/aromatic N) is 2. The summed E-state index contributed by atoms with van der Waals surface area (Å²) in [6, 6.07) is 3.21. The number of carbonyl (C=O) groups excluding carboxylic acids is 1. The molecule has 1 atom stereocenters. The topological polar surface area (TPSA) is 65.5 Å². The molecule has 1 saturated heterocycles. The van der Waals surface area contributed by atoms with Crippen LogP contribution in [0.1, 0.15) is 17.4 Å². The van der Waals surface area contributed by atoms with Gasteiger partial charge in [-0.05, 0) is 19.1 Å². The van der Waals surface area contributed by atoms with E-state index in [0.29, 0.717) is 6.54 Å². The molecule has 5 nitrogen and oxygen atoms in total. The highest BCUT2D eigenvalue weighted by Gasteiger charge is 2.26. The fourth-order valence-electron chi connectivity index (χ4n) is 1.84. The third-order valence-electron chi connectivity index (χ3n) is 2.75.